The lowest BCUT2D eigenvalue weighted by atomic mass is 9.86. The van der Waals surface area contributed by atoms with Crippen molar-refractivity contribution >= 4 is 0 Å². The predicted molar refractivity (Wildman–Crippen MR) is 42.4 cm³/mol. The molecule has 2 aliphatic rings. The van der Waals surface area contributed by atoms with E-state index in [0.717, 1.165) is 5.92 Å². The summed E-state index contributed by atoms with van der Waals surface area (Å²) in [5.74, 6) is 1.44. The van der Waals surface area contributed by atoms with Crippen LogP contribution < -0.4 is 0 Å². The summed E-state index contributed by atoms with van der Waals surface area (Å²) in [6, 6.07) is 0. The minimum atomic E-state index is 0.644. The van der Waals surface area contributed by atoms with Gasteiger partial charge in [-0.25, -0.2) is 0 Å². The molecule has 0 N–H and O–H groups in total. The van der Waals surface area contributed by atoms with Gasteiger partial charge >= 0.3 is 0 Å². The fourth-order valence-corrected chi connectivity index (χ4v) is 1.89. The van der Waals surface area contributed by atoms with Crippen molar-refractivity contribution in [1.29, 1.82) is 0 Å². The lowest BCUT2D eigenvalue weighted by Crippen LogP contribution is -2.09. The molecular formula is C10H12. The lowest BCUT2D eigenvalue weighted by molar-refractivity contribution is 0.553. The highest BCUT2D eigenvalue weighted by Gasteiger charge is 2.27. The molecule has 0 amide bonds. The minimum absolute atomic E-state index is 0.644. The first kappa shape index (κ1) is 6.21. The number of fused-ring (bicyclic) bond motifs is 1. The number of allylic oxidation sites excluding steroid dienone is 4. The van der Waals surface area contributed by atoms with Gasteiger partial charge < -0.3 is 0 Å². The van der Waals surface area contributed by atoms with E-state index in [1.165, 1.54) is 18.4 Å². The third-order valence-corrected chi connectivity index (χ3v) is 2.53. The summed E-state index contributed by atoms with van der Waals surface area (Å²) in [4.78, 5) is 0. The van der Waals surface area contributed by atoms with Gasteiger partial charge in [0.15, 0.2) is 0 Å². The molecule has 2 atom stereocenters. The van der Waals surface area contributed by atoms with Crippen molar-refractivity contribution < 1.29 is 0 Å². The monoisotopic (exact) mass is 132 g/mol. The summed E-state index contributed by atoms with van der Waals surface area (Å²) >= 11 is 0. The normalized spacial score (nSPS) is 37.5. The maximum Gasteiger partial charge on any atom is -0.00925 e. The maximum absolute atomic E-state index is 3.46. The molecule has 0 aromatic carbocycles. The summed E-state index contributed by atoms with van der Waals surface area (Å²) in [7, 11) is 0. The molecule has 2 rings (SSSR count). The van der Waals surface area contributed by atoms with Crippen LogP contribution in [0.5, 0.6) is 0 Å². The van der Waals surface area contributed by atoms with E-state index in [0.29, 0.717) is 5.92 Å². The van der Waals surface area contributed by atoms with Crippen LogP contribution in [0.25, 0.3) is 0 Å². The standard InChI is InChI=1S/C10H12/c1-8-4-2-5-9-6-3-7-10(8)9/h2,4-5,9-10H,3,7H2,1H3. The van der Waals surface area contributed by atoms with E-state index in [4.69, 9.17) is 0 Å². The molecule has 0 heterocycles. The zero-order valence-corrected chi connectivity index (χ0v) is 6.30. The Morgan fingerprint density at radius 3 is 3.30 bits per heavy atom. The Hall–Kier alpha value is -0.520. The number of hydrogen-bond acceptors (Lipinski definition) is 0. The van der Waals surface area contributed by atoms with Crippen LogP contribution in [0.4, 0.5) is 0 Å². The van der Waals surface area contributed by atoms with Crippen LogP contribution in [0.3, 0.4) is 0 Å². The molecule has 0 heteroatoms. The van der Waals surface area contributed by atoms with Crippen LogP contribution in [0, 0.1) is 18.3 Å². The third kappa shape index (κ3) is 0.828. The van der Waals surface area contributed by atoms with E-state index in [1.807, 2.05) is 0 Å². The second kappa shape index (κ2) is 2.26. The van der Waals surface area contributed by atoms with Gasteiger partial charge in [0, 0.05) is 0 Å². The first-order chi connectivity index (χ1) is 4.88. The van der Waals surface area contributed by atoms with E-state index >= 15 is 0 Å². The quantitative estimate of drug-likeness (QED) is 0.475. The van der Waals surface area contributed by atoms with Crippen molar-refractivity contribution in [2.75, 3.05) is 0 Å². The minimum Gasteiger partial charge on any atom is -0.0802 e. The van der Waals surface area contributed by atoms with Crippen LogP contribution in [0.15, 0.2) is 23.8 Å². The van der Waals surface area contributed by atoms with Gasteiger partial charge in [0.1, 0.15) is 0 Å². The largest absolute Gasteiger partial charge is 0.0802 e. The average Bonchev–Trinajstić information content (AvgIpc) is 2.36. The first-order valence-electron chi connectivity index (χ1n) is 3.96. The van der Waals surface area contributed by atoms with Crippen LogP contribution >= 0.6 is 0 Å². The number of rotatable bonds is 0. The van der Waals surface area contributed by atoms with Crippen LogP contribution in [-0.4, -0.2) is 0 Å². The van der Waals surface area contributed by atoms with E-state index in [-0.39, 0.29) is 0 Å². The van der Waals surface area contributed by atoms with Crippen LogP contribution in [-0.2, 0) is 0 Å². The third-order valence-electron chi connectivity index (χ3n) is 2.53. The fraction of sp³-hybridized carbons (Fsp3) is 0.500. The Bertz CT molecular complexity index is 186. The zero-order valence-electron chi connectivity index (χ0n) is 6.30. The smallest absolute Gasteiger partial charge is 0.00925 e. The highest BCUT2D eigenvalue weighted by Crippen LogP contribution is 2.38. The van der Waals surface area contributed by atoms with Gasteiger partial charge in [-0.1, -0.05) is 23.8 Å². The molecule has 0 spiro atoms. The van der Waals surface area contributed by atoms with Gasteiger partial charge in [-0.2, -0.15) is 0 Å². The van der Waals surface area contributed by atoms with Crippen molar-refractivity contribution in [3.8, 4) is 0 Å². The summed E-state index contributed by atoms with van der Waals surface area (Å²) in [6.45, 7) is 2.23. The lowest BCUT2D eigenvalue weighted by Gasteiger charge is -2.19. The first-order valence-corrected chi connectivity index (χ1v) is 3.96. The van der Waals surface area contributed by atoms with Gasteiger partial charge in [-0.3, -0.25) is 0 Å². The molecule has 1 saturated carbocycles. The van der Waals surface area contributed by atoms with E-state index in [1.54, 1.807) is 0 Å². The highest BCUT2D eigenvalue weighted by molar-refractivity contribution is 5.25. The van der Waals surface area contributed by atoms with Crippen molar-refractivity contribution in [3.63, 3.8) is 0 Å². The molecule has 52 valence electrons. The molecule has 0 saturated heterocycles. The average molecular weight is 132 g/mol. The maximum atomic E-state index is 3.46. The fourth-order valence-electron chi connectivity index (χ4n) is 1.89. The predicted octanol–water partition coefficient (Wildman–Crippen LogP) is 2.61. The molecule has 2 aliphatic carbocycles. The number of hydrogen-bond donors (Lipinski definition) is 0. The van der Waals surface area contributed by atoms with Crippen molar-refractivity contribution in [2.24, 2.45) is 11.8 Å². The SMILES string of the molecule is CC1=CC=CC2[C]CCC12. The Balaban J connectivity index is 2.24. The molecule has 2 radical (unpaired) electrons. The van der Waals surface area contributed by atoms with Crippen molar-refractivity contribution in [3.05, 3.63) is 30.2 Å². The highest BCUT2D eigenvalue weighted by atomic mass is 14.3. The van der Waals surface area contributed by atoms with Gasteiger partial charge in [-0.15, -0.1) is 0 Å². The molecule has 0 aromatic heterocycles. The molecular weight excluding hydrogens is 120 g/mol. The van der Waals surface area contributed by atoms with E-state index in [2.05, 4.69) is 31.6 Å². The molecule has 10 heavy (non-hydrogen) atoms. The summed E-state index contributed by atoms with van der Waals surface area (Å²) in [5, 5.41) is 0. The molecule has 0 aromatic rings. The molecule has 1 fully saturated rings. The van der Waals surface area contributed by atoms with Gasteiger partial charge in [-0.05, 0) is 38.0 Å². The Morgan fingerprint density at radius 2 is 2.50 bits per heavy atom. The van der Waals surface area contributed by atoms with Crippen molar-refractivity contribution in [2.45, 2.75) is 19.8 Å². The Morgan fingerprint density at radius 1 is 1.60 bits per heavy atom. The molecule has 0 aliphatic heterocycles. The van der Waals surface area contributed by atoms with E-state index < -0.39 is 0 Å². The van der Waals surface area contributed by atoms with Crippen molar-refractivity contribution in [1.82, 2.24) is 0 Å². The van der Waals surface area contributed by atoms with Crippen LogP contribution in [0.1, 0.15) is 19.8 Å². The molecule has 0 nitrogen and oxygen atoms in total. The second-order valence-electron chi connectivity index (χ2n) is 3.17. The topological polar surface area (TPSA) is 0 Å². The molecule has 2 unspecified atom stereocenters. The summed E-state index contributed by atoms with van der Waals surface area (Å²) in [5.41, 5.74) is 1.54. The van der Waals surface area contributed by atoms with Crippen LogP contribution in [0.2, 0.25) is 0 Å². The Kier molecular flexibility index (Phi) is 1.40. The van der Waals surface area contributed by atoms with Gasteiger partial charge in [0.2, 0.25) is 0 Å². The van der Waals surface area contributed by atoms with Gasteiger partial charge in [0.05, 0.1) is 0 Å². The zero-order chi connectivity index (χ0) is 6.97. The Labute approximate surface area is 62.6 Å². The summed E-state index contributed by atoms with van der Waals surface area (Å²) in [6.07, 6.45) is 12.6. The van der Waals surface area contributed by atoms with Gasteiger partial charge in [0.25, 0.3) is 0 Å². The molecule has 0 bridgehead atoms. The van der Waals surface area contributed by atoms with E-state index in [9.17, 15) is 0 Å². The summed E-state index contributed by atoms with van der Waals surface area (Å²) < 4.78 is 0. The second-order valence-corrected chi connectivity index (χ2v) is 3.17.